The summed E-state index contributed by atoms with van der Waals surface area (Å²) in [6.45, 7) is 4.49. The Bertz CT molecular complexity index is 852. The maximum atomic E-state index is 12.4. The zero-order chi connectivity index (χ0) is 33.3. The topological polar surface area (TPSA) is 104 Å². The van der Waals surface area contributed by atoms with Gasteiger partial charge in [0, 0.05) is 6.42 Å². The maximum absolute atomic E-state index is 12.4. The predicted molar refractivity (Wildman–Crippen MR) is 193 cm³/mol. The van der Waals surface area contributed by atoms with Gasteiger partial charge in [-0.15, -0.1) is 0 Å². The second-order valence-corrected chi connectivity index (χ2v) is 14.3. The molecule has 264 valence electrons. The molecule has 3 N–H and O–H groups in total. The number of aliphatic hydroxyl groups is 1. The molecule has 2 atom stereocenters. The van der Waals surface area contributed by atoms with E-state index in [1.165, 1.54) is 109 Å². The lowest BCUT2D eigenvalue weighted by atomic mass is 10.1. The van der Waals surface area contributed by atoms with Crippen LogP contribution in [0.2, 0.25) is 0 Å². The molecule has 0 spiro atoms. The van der Waals surface area contributed by atoms with Gasteiger partial charge in [0.05, 0.1) is 17.9 Å². The van der Waals surface area contributed by atoms with Crippen LogP contribution in [0.5, 0.6) is 0 Å². The number of hydrogen-bond donors (Lipinski definition) is 3. The summed E-state index contributed by atoms with van der Waals surface area (Å²) in [5, 5.41) is 13.2. The molecule has 0 heterocycles. The van der Waals surface area contributed by atoms with Crippen molar-refractivity contribution in [3.8, 4) is 0 Å². The number of carbonyl (C=O) groups is 1. The molecule has 2 unspecified atom stereocenters. The summed E-state index contributed by atoms with van der Waals surface area (Å²) in [6.07, 6.45) is 41.3. The van der Waals surface area contributed by atoms with Crippen LogP contribution >= 0.6 is 0 Å². The lowest BCUT2D eigenvalue weighted by molar-refractivity contribution is -0.122. The van der Waals surface area contributed by atoms with Crippen LogP contribution in [0.1, 0.15) is 181 Å². The highest BCUT2D eigenvalue weighted by Gasteiger charge is 2.24. The Morgan fingerprint density at radius 1 is 0.578 bits per heavy atom. The molecule has 0 aliphatic rings. The second kappa shape index (κ2) is 32.5. The number of amides is 1. The fourth-order valence-electron chi connectivity index (χ4n) is 5.46. The number of allylic oxidation sites excluding steroid dienone is 5. The number of rotatable bonds is 33. The average molecular weight is 654 g/mol. The number of nitrogens with one attached hydrogen (secondary N) is 1. The molecule has 0 aromatic carbocycles. The van der Waals surface area contributed by atoms with E-state index in [1.54, 1.807) is 0 Å². The average Bonchev–Trinajstić information content (AvgIpc) is 3.00. The molecule has 0 saturated carbocycles. The van der Waals surface area contributed by atoms with Gasteiger partial charge in [0.1, 0.15) is 0 Å². The van der Waals surface area contributed by atoms with Crippen molar-refractivity contribution in [1.82, 2.24) is 5.32 Å². The van der Waals surface area contributed by atoms with Crippen molar-refractivity contribution in [2.24, 2.45) is 0 Å². The summed E-state index contributed by atoms with van der Waals surface area (Å²) in [4.78, 5) is 12.4. The molecule has 0 aliphatic carbocycles. The van der Waals surface area contributed by atoms with Crippen LogP contribution < -0.4 is 5.32 Å². The molecular weight excluding hydrogens is 582 g/mol. The van der Waals surface area contributed by atoms with Crippen LogP contribution in [-0.4, -0.2) is 41.9 Å². The molecule has 0 rings (SSSR count). The quantitative estimate of drug-likeness (QED) is 0.0371. The third kappa shape index (κ3) is 33.7. The number of carbonyl (C=O) groups excluding carboxylic acids is 1. The minimum Gasteiger partial charge on any atom is -0.387 e. The lowest BCUT2D eigenvalue weighted by Crippen LogP contribution is -2.46. The molecule has 0 fully saturated rings. The summed E-state index contributed by atoms with van der Waals surface area (Å²) in [7, 11) is -4.35. The summed E-state index contributed by atoms with van der Waals surface area (Å²) >= 11 is 0. The van der Waals surface area contributed by atoms with Gasteiger partial charge in [-0.3, -0.25) is 9.35 Å². The highest BCUT2D eigenvalue weighted by Crippen LogP contribution is 2.13. The van der Waals surface area contributed by atoms with Crippen molar-refractivity contribution in [2.75, 3.05) is 5.75 Å². The van der Waals surface area contributed by atoms with E-state index in [0.29, 0.717) is 6.42 Å². The molecular formula is C38H71NO5S. The van der Waals surface area contributed by atoms with Crippen LogP contribution in [0.15, 0.2) is 36.5 Å². The van der Waals surface area contributed by atoms with E-state index in [-0.39, 0.29) is 12.3 Å². The molecule has 0 radical (unpaired) electrons. The Balaban J connectivity index is 4.04. The Labute approximate surface area is 278 Å². The number of unbranched alkanes of at least 4 members (excludes halogenated alkanes) is 21. The monoisotopic (exact) mass is 654 g/mol. The molecule has 0 aliphatic heterocycles. The van der Waals surface area contributed by atoms with E-state index in [9.17, 15) is 22.9 Å². The first-order chi connectivity index (χ1) is 21.8. The van der Waals surface area contributed by atoms with Gasteiger partial charge in [-0.25, -0.2) is 0 Å². The molecule has 7 heteroatoms. The fraction of sp³-hybridized carbons (Fsp3) is 0.816. The zero-order valence-corrected chi connectivity index (χ0v) is 30.1. The lowest BCUT2D eigenvalue weighted by Gasteiger charge is -2.21. The third-order valence-corrected chi connectivity index (χ3v) is 9.07. The van der Waals surface area contributed by atoms with Crippen molar-refractivity contribution in [3.63, 3.8) is 0 Å². The van der Waals surface area contributed by atoms with Crippen LogP contribution in [0, 0.1) is 0 Å². The van der Waals surface area contributed by atoms with Gasteiger partial charge in [-0.05, 0) is 57.8 Å². The van der Waals surface area contributed by atoms with Gasteiger partial charge < -0.3 is 10.4 Å². The smallest absolute Gasteiger partial charge is 0.267 e. The van der Waals surface area contributed by atoms with Crippen LogP contribution in [0.25, 0.3) is 0 Å². The molecule has 0 bridgehead atoms. The third-order valence-electron chi connectivity index (χ3n) is 8.29. The molecule has 0 saturated heterocycles. The molecule has 0 aromatic heterocycles. The maximum Gasteiger partial charge on any atom is 0.267 e. The van der Waals surface area contributed by atoms with E-state index < -0.39 is 28.0 Å². The Kier molecular flexibility index (Phi) is 31.5. The molecule has 1 amide bonds. The fourth-order valence-corrected chi connectivity index (χ4v) is 6.19. The van der Waals surface area contributed by atoms with Gasteiger partial charge in [-0.1, -0.05) is 153 Å². The largest absolute Gasteiger partial charge is 0.387 e. The minimum absolute atomic E-state index is 0.278. The van der Waals surface area contributed by atoms with Crippen molar-refractivity contribution in [1.29, 1.82) is 0 Å². The number of aliphatic hydroxyl groups excluding tert-OH is 1. The highest BCUT2D eigenvalue weighted by molar-refractivity contribution is 7.85. The summed E-state index contributed by atoms with van der Waals surface area (Å²) in [5.41, 5.74) is 0. The van der Waals surface area contributed by atoms with E-state index in [0.717, 1.165) is 51.4 Å². The van der Waals surface area contributed by atoms with Gasteiger partial charge in [0.2, 0.25) is 5.91 Å². The first-order valence-electron chi connectivity index (χ1n) is 18.7. The van der Waals surface area contributed by atoms with E-state index in [2.05, 4.69) is 43.5 Å². The van der Waals surface area contributed by atoms with Gasteiger partial charge in [-0.2, -0.15) is 8.42 Å². The Hall–Kier alpha value is -1.44. The summed E-state index contributed by atoms with van der Waals surface area (Å²) < 4.78 is 32.3. The van der Waals surface area contributed by atoms with Crippen LogP contribution in [0.3, 0.4) is 0 Å². The van der Waals surface area contributed by atoms with Gasteiger partial charge in [0.25, 0.3) is 10.1 Å². The highest BCUT2D eigenvalue weighted by atomic mass is 32.2. The van der Waals surface area contributed by atoms with Crippen molar-refractivity contribution in [2.45, 2.75) is 193 Å². The van der Waals surface area contributed by atoms with Gasteiger partial charge in [0.15, 0.2) is 0 Å². The van der Waals surface area contributed by atoms with Gasteiger partial charge >= 0.3 is 0 Å². The molecule has 0 aromatic rings. The van der Waals surface area contributed by atoms with Crippen LogP contribution in [0.4, 0.5) is 0 Å². The normalized spacial score (nSPS) is 13.8. The van der Waals surface area contributed by atoms with Crippen molar-refractivity contribution in [3.05, 3.63) is 36.5 Å². The standard InChI is InChI=1S/C38H71NO5S/c1-3-5-7-9-11-13-15-17-18-19-20-22-23-25-27-29-31-33-37(40)36(35-45(42,43)44)39-38(41)34-32-30-28-26-24-21-16-14-12-10-8-6-4-2/h14,16,23,25,31,33,36-37,40H,3-13,15,17-22,24,26-30,32,34-35H2,1-2H3,(H,39,41)(H,42,43,44)/b16-14-,25-23+,33-31+. The SMILES string of the molecule is CCCCCC/C=C\CCCCCCCC(=O)NC(CS(=O)(=O)O)C(O)/C=C/CC/C=C/CCCCCCCCCCCCC. The second-order valence-electron chi connectivity index (χ2n) is 12.8. The van der Waals surface area contributed by atoms with Crippen molar-refractivity contribution >= 4 is 16.0 Å². The minimum atomic E-state index is -4.35. The molecule has 6 nitrogen and oxygen atoms in total. The van der Waals surface area contributed by atoms with E-state index >= 15 is 0 Å². The summed E-state index contributed by atoms with van der Waals surface area (Å²) in [6, 6.07) is -1.07. The predicted octanol–water partition coefficient (Wildman–Crippen LogP) is 10.6. The molecule has 45 heavy (non-hydrogen) atoms. The zero-order valence-electron chi connectivity index (χ0n) is 29.2. The van der Waals surface area contributed by atoms with Crippen LogP contribution in [-0.2, 0) is 14.9 Å². The first kappa shape index (κ1) is 43.6. The van der Waals surface area contributed by atoms with Crippen molar-refractivity contribution < 1.29 is 22.9 Å². The summed E-state index contributed by atoms with van der Waals surface area (Å²) in [5.74, 6) is -1.01. The Morgan fingerprint density at radius 3 is 1.42 bits per heavy atom. The Morgan fingerprint density at radius 2 is 0.956 bits per heavy atom. The first-order valence-corrected chi connectivity index (χ1v) is 20.3. The number of hydrogen-bond acceptors (Lipinski definition) is 4. The van der Waals surface area contributed by atoms with E-state index in [1.807, 2.05) is 6.08 Å². The van der Waals surface area contributed by atoms with E-state index in [4.69, 9.17) is 0 Å².